The molecule has 0 unspecified atom stereocenters. The van der Waals surface area contributed by atoms with Gasteiger partial charge in [-0.15, -0.1) is 0 Å². The molecule has 0 heterocycles. The molecule has 0 aromatic heterocycles. The molecule has 0 aliphatic carbocycles. The fourth-order valence-corrected chi connectivity index (χ4v) is 2.85. The Morgan fingerprint density at radius 1 is 0.742 bits per heavy atom. The quantitative estimate of drug-likeness (QED) is 0.149. The Hall–Kier alpha value is -1.26. The zero-order valence-electron chi connectivity index (χ0n) is 19.4. The van der Waals surface area contributed by atoms with Crippen LogP contribution in [0.2, 0.25) is 0 Å². The number of rotatable bonds is 18. The van der Waals surface area contributed by atoms with Crippen molar-refractivity contribution >= 4 is 11.9 Å². The number of carbonyl (C=O) groups excluding carboxylic acids is 2. The second-order valence-corrected chi connectivity index (χ2v) is 7.87. The molecule has 0 aliphatic heterocycles. The maximum Gasteiger partial charge on any atom is 0.251 e. The summed E-state index contributed by atoms with van der Waals surface area (Å²) in [5.74, 6) is -2.95. The third kappa shape index (κ3) is 18.1. The molecule has 0 aromatic carbocycles. The Morgan fingerprint density at radius 3 is 1.61 bits per heavy atom. The van der Waals surface area contributed by atoms with Gasteiger partial charge in [-0.2, -0.15) is 0 Å². The molecule has 0 aliphatic rings. The van der Waals surface area contributed by atoms with Crippen LogP contribution in [0.15, 0.2) is 0 Å². The first-order chi connectivity index (χ1) is 14.7. The van der Waals surface area contributed by atoms with Gasteiger partial charge in [-0.3, -0.25) is 4.79 Å². The molecule has 9 nitrogen and oxygen atoms in total. The van der Waals surface area contributed by atoms with Crippen molar-refractivity contribution in [2.75, 3.05) is 13.1 Å². The average molecular weight is 451 g/mol. The lowest BCUT2D eigenvalue weighted by atomic mass is 10.0. The molecule has 9 heteroatoms. The van der Waals surface area contributed by atoms with E-state index in [1.165, 1.54) is 38.5 Å². The van der Waals surface area contributed by atoms with E-state index < -0.39 is 36.3 Å². The van der Waals surface area contributed by atoms with Crippen molar-refractivity contribution in [3.05, 3.63) is 0 Å². The number of aliphatic hydroxyl groups is 4. The molecule has 8 N–H and O–H groups in total. The highest BCUT2D eigenvalue weighted by Gasteiger charge is 2.34. The first kappa shape index (κ1) is 31.9. The summed E-state index contributed by atoms with van der Waals surface area (Å²) in [6.45, 7) is 5.78. The number of nitrogens with one attached hydrogen (secondary N) is 1. The molecular formula is C22H46N2O7. The van der Waals surface area contributed by atoms with Gasteiger partial charge in [0.25, 0.3) is 5.91 Å². The summed E-state index contributed by atoms with van der Waals surface area (Å²) in [6, 6.07) is 0. The molecule has 0 radical (unpaired) electrons. The van der Waals surface area contributed by atoms with E-state index in [9.17, 15) is 30.0 Å². The van der Waals surface area contributed by atoms with Crippen molar-refractivity contribution in [3.8, 4) is 0 Å². The summed E-state index contributed by atoms with van der Waals surface area (Å²) in [4.78, 5) is 21.9. The van der Waals surface area contributed by atoms with Gasteiger partial charge in [-0.1, -0.05) is 71.6 Å². The topological polar surface area (TPSA) is 178 Å². The van der Waals surface area contributed by atoms with Gasteiger partial charge < -0.3 is 41.4 Å². The number of carbonyl (C=O) groups is 2. The van der Waals surface area contributed by atoms with Crippen LogP contribution in [0.3, 0.4) is 0 Å². The van der Waals surface area contributed by atoms with Gasteiger partial charge in [0, 0.05) is 6.54 Å². The zero-order chi connectivity index (χ0) is 24.1. The molecule has 4 atom stereocenters. The molecule has 0 rings (SSSR count). The monoisotopic (exact) mass is 450 g/mol. The van der Waals surface area contributed by atoms with Crippen LogP contribution in [0.4, 0.5) is 0 Å². The lowest BCUT2D eigenvalue weighted by Crippen LogP contribution is -2.55. The van der Waals surface area contributed by atoms with Gasteiger partial charge in [0.1, 0.15) is 18.3 Å². The van der Waals surface area contributed by atoms with E-state index in [0.29, 0.717) is 13.0 Å². The molecule has 0 bridgehead atoms. The number of quaternary nitrogens is 1. The second kappa shape index (κ2) is 22.0. The van der Waals surface area contributed by atoms with Crippen LogP contribution in [0, 0.1) is 0 Å². The van der Waals surface area contributed by atoms with Crippen LogP contribution >= 0.6 is 0 Å². The maximum atomic E-state index is 11.5. The van der Waals surface area contributed by atoms with Crippen LogP contribution in [-0.2, 0) is 9.59 Å². The summed E-state index contributed by atoms with van der Waals surface area (Å²) >= 11 is 0. The Balaban J connectivity index is 0. The van der Waals surface area contributed by atoms with Crippen molar-refractivity contribution in [3.63, 3.8) is 0 Å². The second-order valence-electron chi connectivity index (χ2n) is 7.87. The molecule has 0 aromatic rings. The van der Waals surface area contributed by atoms with Gasteiger partial charge in [0.2, 0.25) is 0 Å². The van der Waals surface area contributed by atoms with E-state index in [1.54, 1.807) is 0 Å². The molecule has 0 saturated carbocycles. The number of aliphatic hydroxyl groups excluding tert-OH is 4. The Bertz CT molecular complexity index is 432. The summed E-state index contributed by atoms with van der Waals surface area (Å²) < 4.78 is 0. The summed E-state index contributed by atoms with van der Waals surface area (Å²) in [7, 11) is 0. The van der Waals surface area contributed by atoms with Crippen LogP contribution in [-0.4, -0.2) is 69.8 Å². The maximum absolute atomic E-state index is 11.5. The van der Waals surface area contributed by atoms with Gasteiger partial charge in [-0.05, 0) is 19.3 Å². The molecule has 1 amide bonds. The smallest absolute Gasteiger partial charge is 0.251 e. The number of aliphatic carboxylic acids is 1. The Labute approximate surface area is 187 Å². The number of amides is 1. The first-order valence-electron chi connectivity index (χ1n) is 11.7. The molecule has 186 valence electrons. The number of carboxylic acid groups (broad SMARTS) is 1. The van der Waals surface area contributed by atoms with Crippen molar-refractivity contribution < 1.29 is 40.9 Å². The van der Waals surface area contributed by atoms with Crippen molar-refractivity contribution in [2.45, 2.75) is 115 Å². The third-order valence-electron chi connectivity index (χ3n) is 4.94. The molecular weight excluding hydrogens is 404 g/mol. The minimum Gasteiger partial charge on any atom is -0.547 e. The van der Waals surface area contributed by atoms with Crippen LogP contribution in [0.5, 0.6) is 0 Å². The molecule has 0 fully saturated rings. The van der Waals surface area contributed by atoms with E-state index in [4.69, 9.17) is 5.11 Å². The minimum absolute atomic E-state index is 0.299. The number of hydrogen-bond acceptors (Lipinski definition) is 7. The zero-order valence-corrected chi connectivity index (χ0v) is 19.4. The van der Waals surface area contributed by atoms with Crippen molar-refractivity contribution in [1.29, 1.82) is 0 Å². The van der Waals surface area contributed by atoms with Gasteiger partial charge >= 0.3 is 0 Å². The average Bonchev–Trinajstić information content (AvgIpc) is 2.76. The SMILES string of the molecule is CCCCCCCCNC(=O)[C@@H](O)[C@H](O)[C@@H](O)[C@@H](O)C(=O)[O-].CCCCCCCC[NH3+]. The third-order valence-corrected chi connectivity index (χ3v) is 4.94. The minimum atomic E-state index is -2.39. The number of carboxylic acids is 1. The summed E-state index contributed by atoms with van der Waals surface area (Å²) in [6.07, 6.45) is 5.65. The number of hydrogen-bond donors (Lipinski definition) is 6. The van der Waals surface area contributed by atoms with Crippen molar-refractivity contribution in [2.24, 2.45) is 0 Å². The highest BCUT2D eigenvalue weighted by atomic mass is 16.4. The standard InChI is InChI=1S/C14H27NO7.C8H19N/c1-2-3-4-5-6-7-8-15-13(20)11(18)9(16)10(17)12(19)14(21)22;1-2-3-4-5-6-7-8-9/h9-12,16-19H,2-8H2,1H3,(H,15,20)(H,21,22);2-9H2,1H3/t9-,10-,11+,12-;/m1./s1. The Kier molecular flexibility index (Phi) is 22.6. The van der Waals surface area contributed by atoms with Crippen LogP contribution < -0.4 is 16.2 Å². The van der Waals surface area contributed by atoms with Crippen LogP contribution in [0.1, 0.15) is 90.9 Å². The lowest BCUT2D eigenvalue weighted by Gasteiger charge is -2.26. The van der Waals surface area contributed by atoms with Crippen LogP contribution in [0.25, 0.3) is 0 Å². The van der Waals surface area contributed by atoms with Gasteiger partial charge in [0.15, 0.2) is 6.10 Å². The Morgan fingerprint density at radius 2 is 1.16 bits per heavy atom. The van der Waals surface area contributed by atoms with E-state index in [1.807, 2.05) is 0 Å². The number of unbranched alkanes of at least 4 members (excludes halogenated alkanes) is 10. The molecule has 0 saturated heterocycles. The summed E-state index contributed by atoms with van der Waals surface area (Å²) in [5, 5.41) is 50.0. The molecule has 0 spiro atoms. The predicted octanol–water partition coefficient (Wildman–Crippen LogP) is -0.755. The van der Waals surface area contributed by atoms with Gasteiger partial charge in [0.05, 0.1) is 12.5 Å². The van der Waals surface area contributed by atoms with Gasteiger partial charge in [-0.25, -0.2) is 0 Å². The fraction of sp³-hybridized carbons (Fsp3) is 0.909. The highest BCUT2D eigenvalue weighted by molar-refractivity contribution is 5.81. The lowest BCUT2D eigenvalue weighted by molar-refractivity contribution is -0.368. The largest absolute Gasteiger partial charge is 0.547 e. The van der Waals surface area contributed by atoms with Crippen molar-refractivity contribution in [1.82, 2.24) is 5.32 Å². The fourth-order valence-electron chi connectivity index (χ4n) is 2.85. The van der Waals surface area contributed by atoms with E-state index in [2.05, 4.69) is 24.9 Å². The predicted molar refractivity (Wildman–Crippen MR) is 117 cm³/mol. The highest BCUT2D eigenvalue weighted by Crippen LogP contribution is 2.07. The normalized spacial score (nSPS) is 14.7. The van der Waals surface area contributed by atoms with E-state index in [0.717, 1.165) is 38.6 Å². The first-order valence-corrected chi connectivity index (χ1v) is 11.7. The summed E-state index contributed by atoms with van der Waals surface area (Å²) in [5.41, 5.74) is 3.80. The van der Waals surface area contributed by atoms with E-state index in [-0.39, 0.29) is 0 Å². The molecule has 31 heavy (non-hydrogen) atoms. The van der Waals surface area contributed by atoms with E-state index >= 15 is 0 Å².